The molecule has 3 heteroatoms. The number of hydrogen-bond donors (Lipinski definition) is 0. The summed E-state index contributed by atoms with van der Waals surface area (Å²) in [4.78, 5) is 14.9. The van der Waals surface area contributed by atoms with E-state index in [1.807, 2.05) is 24.5 Å². The Morgan fingerprint density at radius 1 is 0.333 bits per heavy atom. The van der Waals surface area contributed by atoms with Gasteiger partial charge in [0.2, 0.25) is 0 Å². The Morgan fingerprint density at radius 2 is 0.744 bits per heavy atom. The van der Waals surface area contributed by atoms with Crippen molar-refractivity contribution in [2.75, 3.05) is 0 Å². The zero-order valence-corrected chi connectivity index (χ0v) is 21.4. The molecule has 1 aliphatic heterocycles. The number of benzene rings is 3. The van der Waals surface area contributed by atoms with Gasteiger partial charge >= 0.3 is 0 Å². The monoisotopic (exact) mass is 501 g/mol. The van der Waals surface area contributed by atoms with Crippen LogP contribution in [0.25, 0.3) is 0 Å². The Labute approximate surface area is 228 Å². The van der Waals surface area contributed by atoms with Crippen LogP contribution in [0.15, 0.2) is 146 Å². The van der Waals surface area contributed by atoms with E-state index < -0.39 is 0 Å². The molecule has 186 valence electrons. The predicted octanol–water partition coefficient (Wildman–Crippen LogP) is 7.73. The molecule has 0 spiro atoms. The van der Waals surface area contributed by atoms with Crippen LogP contribution in [0, 0.1) is 0 Å². The molecule has 3 aromatic carbocycles. The molecule has 7 rings (SSSR count). The van der Waals surface area contributed by atoms with Gasteiger partial charge in [0.1, 0.15) is 0 Å². The minimum Gasteiger partial charge on any atom is -0.260 e. The third-order valence-electron chi connectivity index (χ3n) is 7.64. The molecule has 3 nitrogen and oxygen atoms in total. The lowest BCUT2D eigenvalue weighted by molar-refractivity contribution is 0.811. The third-order valence-corrected chi connectivity index (χ3v) is 7.64. The average Bonchev–Trinajstić information content (AvgIpc) is 3.00. The van der Waals surface area contributed by atoms with Gasteiger partial charge in [-0.25, -0.2) is 0 Å². The molecule has 6 aromatic rings. The summed E-state index contributed by atoms with van der Waals surface area (Å²) < 4.78 is 0. The largest absolute Gasteiger partial charge is 0.260 e. The second-order valence-electron chi connectivity index (χ2n) is 10.0. The summed E-state index contributed by atoms with van der Waals surface area (Å²) in [6.07, 6.45) is 3.74. The molecule has 3 aromatic heterocycles. The van der Waals surface area contributed by atoms with Crippen LogP contribution in [-0.4, -0.2) is 15.0 Å². The van der Waals surface area contributed by atoms with Gasteiger partial charge in [-0.1, -0.05) is 97.1 Å². The van der Waals surface area contributed by atoms with Crippen LogP contribution in [0.3, 0.4) is 0 Å². The van der Waals surface area contributed by atoms with Crippen LogP contribution in [0.2, 0.25) is 0 Å². The summed E-state index contributed by atoms with van der Waals surface area (Å²) in [5, 5.41) is 0. The first-order chi connectivity index (χ1) is 19.3. The number of nitrogens with zero attached hydrogens (tertiary/aromatic N) is 3. The molecular weight excluding hydrogens is 474 g/mol. The van der Waals surface area contributed by atoms with E-state index in [0.29, 0.717) is 0 Å². The maximum Gasteiger partial charge on any atom is 0.0686 e. The van der Waals surface area contributed by atoms with Crippen LogP contribution in [0.4, 0.5) is 0 Å². The van der Waals surface area contributed by atoms with Crippen molar-refractivity contribution in [2.24, 2.45) is 0 Å². The fourth-order valence-electron chi connectivity index (χ4n) is 5.93. The van der Waals surface area contributed by atoms with Crippen molar-refractivity contribution in [3.8, 4) is 0 Å². The van der Waals surface area contributed by atoms with E-state index in [1.165, 1.54) is 27.8 Å². The highest BCUT2D eigenvalue weighted by molar-refractivity contribution is 5.50. The number of aromatic nitrogens is 3. The molecule has 0 radical (unpaired) electrons. The Bertz CT molecular complexity index is 1450. The number of hydrogen-bond acceptors (Lipinski definition) is 3. The Kier molecular flexibility index (Phi) is 6.03. The molecule has 0 saturated carbocycles. The second kappa shape index (κ2) is 10.1. The van der Waals surface area contributed by atoms with Gasteiger partial charge in [-0.3, -0.25) is 15.0 Å². The molecule has 0 N–H and O–H groups in total. The standard InChI is InChI=1S/C36H27N3/c1-2-11-25(12-3-1)34-26-13-8-15-28(23-26)35(30-17-4-6-21-37-30)32-19-10-20-33(39-32)36(31-18-5-7-22-38-31)29-16-9-14-27(34)24-29/h1-24,34-36H. The average molecular weight is 502 g/mol. The Morgan fingerprint density at radius 3 is 1.23 bits per heavy atom. The lowest BCUT2D eigenvalue weighted by Crippen LogP contribution is -2.14. The molecule has 4 heterocycles. The van der Waals surface area contributed by atoms with Gasteiger partial charge < -0.3 is 0 Å². The van der Waals surface area contributed by atoms with Gasteiger partial charge in [-0.2, -0.15) is 0 Å². The molecular formula is C36H27N3. The van der Waals surface area contributed by atoms with Gasteiger partial charge in [0.15, 0.2) is 0 Å². The van der Waals surface area contributed by atoms with Crippen LogP contribution in [-0.2, 0) is 0 Å². The quantitative estimate of drug-likeness (QED) is 0.249. The molecule has 39 heavy (non-hydrogen) atoms. The van der Waals surface area contributed by atoms with Gasteiger partial charge in [0.05, 0.1) is 34.6 Å². The van der Waals surface area contributed by atoms with Crippen LogP contribution in [0.5, 0.6) is 0 Å². The summed E-state index contributed by atoms with van der Waals surface area (Å²) >= 11 is 0. The first kappa shape index (κ1) is 23.2. The highest BCUT2D eigenvalue weighted by Gasteiger charge is 2.27. The molecule has 2 atom stereocenters. The highest BCUT2D eigenvalue weighted by Crippen LogP contribution is 2.40. The van der Waals surface area contributed by atoms with E-state index in [2.05, 4.69) is 121 Å². The summed E-state index contributed by atoms with van der Waals surface area (Å²) in [6, 6.07) is 47.4. The molecule has 1 aliphatic rings. The molecule has 0 aliphatic carbocycles. The van der Waals surface area contributed by atoms with E-state index in [0.717, 1.165) is 22.8 Å². The van der Waals surface area contributed by atoms with Crippen molar-refractivity contribution in [1.82, 2.24) is 15.0 Å². The second-order valence-corrected chi connectivity index (χ2v) is 10.0. The lowest BCUT2D eigenvalue weighted by atomic mass is 9.80. The minimum absolute atomic E-state index is 0.0885. The van der Waals surface area contributed by atoms with Gasteiger partial charge in [-0.15, -0.1) is 0 Å². The zero-order valence-electron chi connectivity index (χ0n) is 21.4. The van der Waals surface area contributed by atoms with Crippen LogP contribution < -0.4 is 0 Å². The Balaban J connectivity index is 1.55. The van der Waals surface area contributed by atoms with E-state index in [9.17, 15) is 0 Å². The summed E-state index contributed by atoms with van der Waals surface area (Å²) in [6.45, 7) is 0. The SMILES string of the molecule is c1ccc(C2c3cccc(c3)C(c3ccccn3)c3cccc(n3)C(c3ccccn3)c3cccc2c3)cc1. The van der Waals surface area contributed by atoms with E-state index in [4.69, 9.17) is 15.0 Å². The highest BCUT2D eigenvalue weighted by atomic mass is 14.8. The summed E-state index contributed by atoms with van der Waals surface area (Å²) in [5.41, 5.74) is 10.1. The number of pyridine rings is 3. The van der Waals surface area contributed by atoms with E-state index in [1.54, 1.807) is 0 Å². The van der Waals surface area contributed by atoms with Crippen molar-refractivity contribution in [3.05, 3.63) is 196 Å². The zero-order chi connectivity index (χ0) is 26.0. The normalized spacial score (nSPS) is 18.0. The maximum atomic E-state index is 5.33. The topological polar surface area (TPSA) is 38.7 Å². The fourth-order valence-corrected chi connectivity index (χ4v) is 5.93. The molecule has 0 fully saturated rings. The summed E-state index contributed by atoms with van der Waals surface area (Å²) in [7, 11) is 0. The smallest absolute Gasteiger partial charge is 0.0686 e. The van der Waals surface area contributed by atoms with Crippen LogP contribution >= 0.6 is 0 Å². The number of rotatable bonds is 3. The third kappa shape index (κ3) is 4.42. The van der Waals surface area contributed by atoms with E-state index >= 15 is 0 Å². The van der Waals surface area contributed by atoms with Gasteiger partial charge in [-0.05, 0) is 64.2 Å². The number of fused-ring (bicyclic) bond motifs is 6. The Hall–Kier alpha value is -4.89. The summed E-state index contributed by atoms with van der Waals surface area (Å²) in [5.74, 6) is -0.0973. The fraction of sp³-hybridized carbons (Fsp3) is 0.0833. The molecule has 0 amide bonds. The van der Waals surface area contributed by atoms with Crippen LogP contribution in [0.1, 0.15) is 68.3 Å². The van der Waals surface area contributed by atoms with Crippen molar-refractivity contribution in [2.45, 2.75) is 17.8 Å². The molecule has 0 saturated heterocycles. The van der Waals surface area contributed by atoms with Crippen molar-refractivity contribution in [1.29, 1.82) is 0 Å². The maximum absolute atomic E-state index is 5.33. The van der Waals surface area contributed by atoms with Gasteiger partial charge in [0.25, 0.3) is 0 Å². The predicted molar refractivity (Wildman–Crippen MR) is 155 cm³/mol. The molecule has 2 unspecified atom stereocenters. The first-order valence-electron chi connectivity index (χ1n) is 13.4. The molecule has 6 bridgehead atoms. The van der Waals surface area contributed by atoms with Crippen molar-refractivity contribution in [3.63, 3.8) is 0 Å². The van der Waals surface area contributed by atoms with Crippen molar-refractivity contribution >= 4 is 0 Å². The first-order valence-corrected chi connectivity index (χ1v) is 13.4. The van der Waals surface area contributed by atoms with Gasteiger partial charge in [0, 0.05) is 18.3 Å². The minimum atomic E-state index is -0.0929. The lowest BCUT2D eigenvalue weighted by Gasteiger charge is -2.26. The van der Waals surface area contributed by atoms with Crippen molar-refractivity contribution < 1.29 is 0 Å². The van der Waals surface area contributed by atoms with E-state index in [-0.39, 0.29) is 17.8 Å².